The third-order valence-electron chi connectivity index (χ3n) is 2.81. The van der Waals surface area contributed by atoms with Gasteiger partial charge >= 0.3 is 6.18 Å². The van der Waals surface area contributed by atoms with E-state index in [4.69, 9.17) is 22.7 Å². The maximum atomic E-state index is 12.5. The topological polar surface area (TPSA) is 53.1 Å². The Morgan fingerprint density at radius 2 is 2.10 bits per heavy atom. The molecule has 0 atom stereocenters. The summed E-state index contributed by atoms with van der Waals surface area (Å²) in [5.74, 6) is 0.475. The van der Waals surface area contributed by atoms with Gasteiger partial charge in [0, 0.05) is 6.20 Å². The van der Waals surface area contributed by atoms with Gasteiger partial charge in [-0.05, 0) is 23.8 Å². The first-order chi connectivity index (χ1) is 9.81. The average molecular weight is 315 g/mol. The van der Waals surface area contributed by atoms with Gasteiger partial charge in [0.2, 0.25) is 0 Å². The predicted octanol–water partition coefficient (Wildman–Crippen LogP) is 2.59. The van der Waals surface area contributed by atoms with Crippen molar-refractivity contribution in [3.05, 3.63) is 47.3 Å². The van der Waals surface area contributed by atoms with Crippen LogP contribution in [-0.4, -0.2) is 21.9 Å². The van der Waals surface area contributed by atoms with Crippen molar-refractivity contribution < 1.29 is 17.9 Å². The standard InChI is InChI=1S/C13H12F3N3OS/c1-20-10-6-8(2-3-9(10)12(17)21)7-19-5-4-11(18-19)13(14,15)16/h2-6H,7H2,1H3,(H2,17,21). The molecule has 2 aromatic rings. The number of aromatic nitrogens is 2. The molecule has 0 aliphatic rings. The second kappa shape index (κ2) is 5.72. The highest BCUT2D eigenvalue weighted by Gasteiger charge is 2.33. The lowest BCUT2D eigenvalue weighted by atomic mass is 10.1. The minimum absolute atomic E-state index is 0.185. The van der Waals surface area contributed by atoms with Gasteiger partial charge in [-0.3, -0.25) is 4.68 Å². The van der Waals surface area contributed by atoms with Crippen LogP contribution in [0.15, 0.2) is 30.5 Å². The maximum Gasteiger partial charge on any atom is 0.435 e. The zero-order chi connectivity index (χ0) is 15.6. The minimum atomic E-state index is -4.45. The number of benzene rings is 1. The SMILES string of the molecule is COc1cc(Cn2ccc(C(F)(F)F)n2)ccc1C(N)=S. The lowest BCUT2D eigenvalue weighted by molar-refractivity contribution is -0.141. The molecule has 1 aromatic carbocycles. The Hall–Kier alpha value is -2.09. The number of hydrogen-bond donors (Lipinski definition) is 1. The van der Waals surface area contributed by atoms with Crippen molar-refractivity contribution in [2.75, 3.05) is 7.11 Å². The van der Waals surface area contributed by atoms with Crippen LogP contribution in [0.3, 0.4) is 0 Å². The number of ether oxygens (including phenoxy) is 1. The summed E-state index contributed by atoms with van der Waals surface area (Å²) in [6.07, 6.45) is -3.17. The van der Waals surface area contributed by atoms with Crippen LogP contribution >= 0.6 is 12.2 Å². The zero-order valence-electron chi connectivity index (χ0n) is 11.0. The Balaban J connectivity index is 2.24. The number of thiocarbonyl (C=S) groups is 1. The van der Waals surface area contributed by atoms with Gasteiger partial charge in [0.1, 0.15) is 10.7 Å². The molecule has 0 spiro atoms. The van der Waals surface area contributed by atoms with E-state index in [0.29, 0.717) is 11.3 Å². The average Bonchev–Trinajstić information content (AvgIpc) is 2.86. The van der Waals surface area contributed by atoms with E-state index in [1.54, 1.807) is 18.2 Å². The van der Waals surface area contributed by atoms with Crippen LogP contribution in [0.5, 0.6) is 5.75 Å². The number of nitrogens with two attached hydrogens (primary N) is 1. The van der Waals surface area contributed by atoms with Crippen molar-refractivity contribution in [3.63, 3.8) is 0 Å². The van der Waals surface area contributed by atoms with Crippen molar-refractivity contribution in [2.24, 2.45) is 5.73 Å². The van der Waals surface area contributed by atoms with E-state index >= 15 is 0 Å². The van der Waals surface area contributed by atoms with Crippen molar-refractivity contribution in [1.29, 1.82) is 0 Å². The number of methoxy groups -OCH3 is 1. The van der Waals surface area contributed by atoms with Gasteiger partial charge < -0.3 is 10.5 Å². The molecule has 0 unspecified atom stereocenters. The van der Waals surface area contributed by atoms with Crippen LogP contribution in [0.25, 0.3) is 0 Å². The van der Waals surface area contributed by atoms with Crippen LogP contribution in [0.4, 0.5) is 13.2 Å². The first-order valence-electron chi connectivity index (χ1n) is 5.88. The van der Waals surface area contributed by atoms with Crippen molar-refractivity contribution in [2.45, 2.75) is 12.7 Å². The molecule has 112 valence electrons. The van der Waals surface area contributed by atoms with Gasteiger partial charge in [-0.1, -0.05) is 18.3 Å². The highest BCUT2D eigenvalue weighted by atomic mass is 32.1. The zero-order valence-corrected chi connectivity index (χ0v) is 11.8. The number of alkyl halides is 3. The van der Waals surface area contributed by atoms with Crippen LogP contribution in [0, 0.1) is 0 Å². The summed E-state index contributed by atoms with van der Waals surface area (Å²) >= 11 is 4.89. The highest BCUT2D eigenvalue weighted by molar-refractivity contribution is 7.80. The molecule has 0 radical (unpaired) electrons. The van der Waals surface area contributed by atoms with Crippen LogP contribution in [0.1, 0.15) is 16.8 Å². The molecule has 0 aliphatic heterocycles. The Kier molecular flexibility index (Phi) is 4.17. The number of hydrogen-bond acceptors (Lipinski definition) is 3. The molecule has 8 heteroatoms. The summed E-state index contributed by atoms with van der Waals surface area (Å²) in [5, 5.41) is 3.49. The largest absolute Gasteiger partial charge is 0.496 e. The molecule has 0 saturated carbocycles. The Bertz CT molecular complexity index is 667. The van der Waals surface area contributed by atoms with Gasteiger partial charge in [0.05, 0.1) is 19.2 Å². The number of nitrogens with zero attached hydrogens (tertiary/aromatic N) is 2. The molecule has 1 aromatic heterocycles. The summed E-state index contributed by atoms with van der Waals surface area (Å²) in [6.45, 7) is 0.185. The molecule has 0 saturated heterocycles. The lowest BCUT2D eigenvalue weighted by Gasteiger charge is -2.10. The fourth-order valence-corrected chi connectivity index (χ4v) is 1.99. The minimum Gasteiger partial charge on any atom is -0.496 e. The van der Waals surface area contributed by atoms with Crippen LogP contribution < -0.4 is 10.5 Å². The normalized spacial score (nSPS) is 11.4. The van der Waals surface area contributed by atoms with E-state index in [-0.39, 0.29) is 11.5 Å². The second-order valence-corrected chi connectivity index (χ2v) is 4.74. The fraction of sp³-hybridized carbons (Fsp3) is 0.231. The molecule has 0 fully saturated rings. The molecule has 0 aliphatic carbocycles. The van der Waals surface area contributed by atoms with E-state index in [1.807, 2.05) is 0 Å². The quantitative estimate of drug-likeness (QED) is 0.881. The van der Waals surface area contributed by atoms with Gasteiger partial charge in [0.15, 0.2) is 5.69 Å². The third-order valence-corrected chi connectivity index (χ3v) is 3.03. The lowest BCUT2D eigenvalue weighted by Crippen LogP contribution is -2.12. The summed E-state index contributed by atoms with van der Waals surface area (Å²) in [4.78, 5) is 0.192. The summed E-state index contributed by atoms with van der Waals surface area (Å²) in [5.41, 5.74) is 5.93. The monoisotopic (exact) mass is 315 g/mol. The molecule has 1 heterocycles. The second-order valence-electron chi connectivity index (χ2n) is 4.30. The third kappa shape index (κ3) is 3.52. The van der Waals surface area contributed by atoms with Crippen molar-refractivity contribution >= 4 is 17.2 Å². The van der Waals surface area contributed by atoms with E-state index < -0.39 is 11.9 Å². The summed E-state index contributed by atoms with van der Waals surface area (Å²) in [6, 6.07) is 5.99. The summed E-state index contributed by atoms with van der Waals surface area (Å²) < 4.78 is 43.8. The Labute approximate surface area is 124 Å². The molecular weight excluding hydrogens is 303 g/mol. The van der Waals surface area contributed by atoms with E-state index in [1.165, 1.54) is 18.0 Å². The van der Waals surface area contributed by atoms with Gasteiger partial charge in [-0.2, -0.15) is 18.3 Å². The van der Waals surface area contributed by atoms with Crippen molar-refractivity contribution in [3.8, 4) is 5.75 Å². The van der Waals surface area contributed by atoms with Gasteiger partial charge in [-0.15, -0.1) is 0 Å². The van der Waals surface area contributed by atoms with E-state index in [9.17, 15) is 13.2 Å². The van der Waals surface area contributed by atoms with Crippen LogP contribution in [0.2, 0.25) is 0 Å². The van der Waals surface area contributed by atoms with Crippen molar-refractivity contribution in [1.82, 2.24) is 9.78 Å². The summed E-state index contributed by atoms with van der Waals surface area (Å²) in [7, 11) is 1.47. The first-order valence-corrected chi connectivity index (χ1v) is 6.29. The predicted molar refractivity (Wildman–Crippen MR) is 75.2 cm³/mol. The highest BCUT2D eigenvalue weighted by Crippen LogP contribution is 2.27. The van der Waals surface area contributed by atoms with E-state index in [2.05, 4.69) is 5.10 Å². The molecular formula is C13H12F3N3OS. The van der Waals surface area contributed by atoms with Gasteiger partial charge in [0.25, 0.3) is 0 Å². The smallest absolute Gasteiger partial charge is 0.435 e. The number of halogens is 3. The van der Waals surface area contributed by atoms with Gasteiger partial charge in [-0.25, -0.2) is 0 Å². The fourth-order valence-electron chi connectivity index (χ4n) is 1.83. The maximum absolute atomic E-state index is 12.5. The molecule has 21 heavy (non-hydrogen) atoms. The Morgan fingerprint density at radius 3 is 2.62 bits per heavy atom. The first kappa shape index (κ1) is 15.3. The molecule has 4 nitrogen and oxygen atoms in total. The molecule has 0 bridgehead atoms. The Morgan fingerprint density at radius 1 is 1.38 bits per heavy atom. The molecule has 2 rings (SSSR count). The van der Waals surface area contributed by atoms with E-state index in [0.717, 1.165) is 11.6 Å². The molecule has 2 N–H and O–H groups in total. The van der Waals surface area contributed by atoms with Crippen LogP contribution in [-0.2, 0) is 12.7 Å². The number of rotatable bonds is 4. The molecule has 0 amide bonds.